The third kappa shape index (κ3) is 2.79. The maximum atomic E-state index is 12.3. The SMILES string of the molecule is O=C(O)C1c2ccsc2CCN1C(=O)NCc1ccsc1. The number of thiophene rings is 2. The summed E-state index contributed by atoms with van der Waals surface area (Å²) in [5.74, 6) is -0.986. The van der Waals surface area contributed by atoms with Gasteiger partial charge in [-0.3, -0.25) is 0 Å². The number of carboxylic acids is 1. The number of aliphatic carboxylic acids is 1. The van der Waals surface area contributed by atoms with Crippen molar-refractivity contribution in [1.29, 1.82) is 0 Å². The normalized spacial score (nSPS) is 17.3. The molecule has 1 aliphatic heterocycles. The van der Waals surface area contributed by atoms with Crippen LogP contribution in [0.1, 0.15) is 22.0 Å². The maximum absolute atomic E-state index is 12.3. The second-order valence-electron chi connectivity index (χ2n) is 4.77. The van der Waals surface area contributed by atoms with Crippen LogP contribution in [0.3, 0.4) is 0 Å². The molecule has 1 atom stereocenters. The van der Waals surface area contributed by atoms with Crippen LogP contribution in [0, 0.1) is 0 Å². The van der Waals surface area contributed by atoms with E-state index in [1.807, 2.05) is 22.2 Å². The van der Waals surface area contributed by atoms with Crippen LogP contribution >= 0.6 is 22.7 Å². The smallest absolute Gasteiger partial charge is 0.331 e. The first-order valence-electron chi connectivity index (χ1n) is 6.51. The first-order valence-corrected chi connectivity index (χ1v) is 8.33. The van der Waals surface area contributed by atoms with Gasteiger partial charge in [-0.25, -0.2) is 9.59 Å². The zero-order chi connectivity index (χ0) is 14.8. The van der Waals surface area contributed by atoms with Gasteiger partial charge in [0, 0.05) is 18.0 Å². The highest BCUT2D eigenvalue weighted by atomic mass is 32.1. The molecule has 21 heavy (non-hydrogen) atoms. The van der Waals surface area contributed by atoms with Crippen molar-refractivity contribution in [3.63, 3.8) is 0 Å². The van der Waals surface area contributed by atoms with Crippen LogP contribution in [-0.4, -0.2) is 28.6 Å². The number of carboxylic acid groups (broad SMARTS) is 1. The molecule has 2 aromatic heterocycles. The zero-order valence-corrected chi connectivity index (χ0v) is 12.7. The van der Waals surface area contributed by atoms with Crippen molar-refractivity contribution in [2.45, 2.75) is 19.0 Å². The molecule has 0 bridgehead atoms. The van der Waals surface area contributed by atoms with E-state index in [1.165, 1.54) is 4.90 Å². The summed E-state index contributed by atoms with van der Waals surface area (Å²) in [4.78, 5) is 26.3. The van der Waals surface area contributed by atoms with Crippen LogP contribution in [0.25, 0.3) is 0 Å². The molecule has 0 aliphatic carbocycles. The van der Waals surface area contributed by atoms with E-state index in [2.05, 4.69) is 5.32 Å². The lowest BCUT2D eigenvalue weighted by Gasteiger charge is -2.33. The number of nitrogens with zero attached hydrogens (tertiary/aromatic N) is 1. The predicted octanol–water partition coefficient (Wildman–Crippen LogP) is 2.70. The van der Waals surface area contributed by atoms with Gasteiger partial charge in [-0.05, 0) is 45.8 Å². The quantitative estimate of drug-likeness (QED) is 0.913. The number of urea groups is 1. The minimum Gasteiger partial charge on any atom is -0.479 e. The Balaban J connectivity index is 1.74. The summed E-state index contributed by atoms with van der Waals surface area (Å²) < 4.78 is 0. The molecule has 2 aromatic rings. The van der Waals surface area contributed by atoms with Crippen LogP contribution in [-0.2, 0) is 17.8 Å². The van der Waals surface area contributed by atoms with Gasteiger partial charge in [0.1, 0.15) is 0 Å². The minimum absolute atomic E-state index is 0.328. The number of nitrogens with one attached hydrogen (secondary N) is 1. The number of rotatable bonds is 3. The number of hydrogen-bond acceptors (Lipinski definition) is 4. The molecule has 0 saturated carbocycles. The Morgan fingerprint density at radius 2 is 2.24 bits per heavy atom. The van der Waals surface area contributed by atoms with E-state index in [9.17, 15) is 14.7 Å². The molecular weight excluding hydrogens is 308 g/mol. The van der Waals surface area contributed by atoms with E-state index in [0.717, 1.165) is 16.0 Å². The monoisotopic (exact) mass is 322 g/mol. The van der Waals surface area contributed by atoms with Gasteiger partial charge in [0.25, 0.3) is 0 Å². The average molecular weight is 322 g/mol. The highest BCUT2D eigenvalue weighted by Gasteiger charge is 2.36. The molecule has 5 nitrogen and oxygen atoms in total. The highest BCUT2D eigenvalue weighted by Crippen LogP contribution is 2.33. The minimum atomic E-state index is -0.986. The summed E-state index contributed by atoms with van der Waals surface area (Å²) in [7, 11) is 0. The molecule has 0 spiro atoms. The number of hydrogen-bond donors (Lipinski definition) is 2. The topological polar surface area (TPSA) is 69.6 Å². The van der Waals surface area contributed by atoms with Gasteiger partial charge in [-0.1, -0.05) is 0 Å². The van der Waals surface area contributed by atoms with Crippen LogP contribution in [0.2, 0.25) is 0 Å². The van der Waals surface area contributed by atoms with Crippen LogP contribution in [0.5, 0.6) is 0 Å². The molecule has 2 amide bonds. The fourth-order valence-electron chi connectivity index (χ4n) is 2.47. The molecule has 0 aromatic carbocycles. The summed E-state index contributed by atoms with van der Waals surface area (Å²) >= 11 is 3.12. The Kier molecular flexibility index (Phi) is 3.94. The molecular formula is C14H14N2O3S2. The van der Waals surface area contributed by atoms with Crippen molar-refractivity contribution in [3.05, 3.63) is 44.3 Å². The lowest BCUT2D eigenvalue weighted by Crippen LogP contribution is -2.47. The standard InChI is InChI=1S/C14H14N2O3S2/c17-13(18)12-10-3-6-21-11(10)1-4-16(12)14(19)15-7-9-2-5-20-8-9/h2-3,5-6,8,12H,1,4,7H2,(H,15,19)(H,17,18). The lowest BCUT2D eigenvalue weighted by atomic mass is 10.0. The van der Waals surface area contributed by atoms with Crippen molar-refractivity contribution in [3.8, 4) is 0 Å². The molecule has 1 unspecified atom stereocenters. The second-order valence-corrected chi connectivity index (χ2v) is 6.55. The summed E-state index contributed by atoms with van der Waals surface area (Å²) in [6, 6.07) is 2.53. The summed E-state index contributed by atoms with van der Waals surface area (Å²) in [6.45, 7) is 0.849. The Bertz CT molecular complexity index is 651. The number of amides is 2. The fourth-order valence-corrected chi connectivity index (χ4v) is 4.05. The third-order valence-electron chi connectivity index (χ3n) is 3.48. The van der Waals surface area contributed by atoms with E-state index < -0.39 is 12.0 Å². The Morgan fingerprint density at radius 1 is 1.38 bits per heavy atom. The third-order valence-corrected chi connectivity index (χ3v) is 5.21. The van der Waals surface area contributed by atoms with Crippen molar-refractivity contribution in [1.82, 2.24) is 10.2 Å². The first kappa shape index (κ1) is 14.1. The molecule has 1 aliphatic rings. The van der Waals surface area contributed by atoms with Crippen molar-refractivity contribution >= 4 is 34.7 Å². The van der Waals surface area contributed by atoms with Gasteiger partial charge in [0.05, 0.1) is 0 Å². The van der Waals surface area contributed by atoms with Gasteiger partial charge in [-0.15, -0.1) is 11.3 Å². The maximum Gasteiger partial charge on any atom is 0.331 e. The second kappa shape index (κ2) is 5.87. The molecule has 2 N–H and O–H groups in total. The van der Waals surface area contributed by atoms with Gasteiger partial charge in [0.2, 0.25) is 0 Å². The lowest BCUT2D eigenvalue weighted by molar-refractivity contribution is -0.142. The van der Waals surface area contributed by atoms with Crippen molar-refractivity contribution in [2.24, 2.45) is 0 Å². The van der Waals surface area contributed by atoms with Crippen LogP contribution in [0.15, 0.2) is 28.3 Å². The van der Waals surface area contributed by atoms with E-state index in [1.54, 1.807) is 28.7 Å². The highest BCUT2D eigenvalue weighted by molar-refractivity contribution is 7.10. The Morgan fingerprint density at radius 3 is 2.95 bits per heavy atom. The molecule has 3 rings (SSSR count). The van der Waals surface area contributed by atoms with Crippen molar-refractivity contribution in [2.75, 3.05) is 6.54 Å². The summed E-state index contributed by atoms with van der Waals surface area (Å²) in [5.41, 5.74) is 1.76. The largest absolute Gasteiger partial charge is 0.479 e. The molecule has 3 heterocycles. The zero-order valence-electron chi connectivity index (χ0n) is 11.1. The van der Waals surface area contributed by atoms with Gasteiger partial charge in [0.15, 0.2) is 6.04 Å². The van der Waals surface area contributed by atoms with Crippen LogP contribution in [0.4, 0.5) is 4.79 Å². The molecule has 0 radical (unpaired) electrons. The molecule has 110 valence electrons. The van der Waals surface area contributed by atoms with E-state index >= 15 is 0 Å². The molecule has 7 heteroatoms. The predicted molar refractivity (Wildman–Crippen MR) is 81.7 cm³/mol. The molecule has 0 fully saturated rings. The fraction of sp³-hybridized carbons (Fsp3) is 0.286. The number of carbonyl (C=O) groups is 2. The van der Waals surface area contributed by atoms with Gasteiger partial charge < -0.3 is 15.3 Å². The Labute approximate surface area is 129 Å². The number of carbonyl (C=O) groups excluding carboxylic acids is 1. The molecule has 0 saturated heterocycles. The van der Waals surface area contributed by atoms with E-state index in [-0.39, 0.29) is 6.03 Å². The summed E-state index contributed by atoms with van der Waals surface area (Å²) in [6.07, 6.45) is 0.711. The summed E-state index contributed by atoms with van der Waals surface area (Å²) in [5, 5.41) is 18.0. The van der Waals surface area contributed by atoms with E-state index in [0.29, 0.717) is 19.5 Å². The Hall–Kier alpha value is -1.86. The van der Waals surface area contributed by atoms with Gasteiger partial charge in [-0.2, -0.15) is 11.3 Å². The van der Waals surface area contributed by atoms with Gasteiger partial charge >= 0.3 is 12.0 Å². The van der Waals surface area contributed by atoms with E-state index in [4.69, 9.17) is 0 Å². The average Bonchev–Trinajstić information content (AvgIpc) is 3.14. The van der Waals surface area contributed by atoms with Crippen molar-refractivity contribution < 1.29 is 14.7 Å². The van der Waals surface area contributed by atoms with Crippen LogP contribution < -0.4 is 5.32 Å². The number of fused-ring (bicyclic) bond motifs is 1. The first-order chi connectivity index (χ1) is 10.2.